The first-order chi connectivity index (χ1) is 17.6. The first kappa shape index (κ1) is 25.8. The van der Waals surface area contributed by atoms with Gasteiger partial charge in [-0.25, -0.2) is 18.7 Å². The fourth-order valence-electron chi connectivity index (χ4n) is 3.64. The first-order valence-electron chi connectivity index (χ1n) is 10.6. The van der Waals surface area contributed by atoms with E-state index in [9.17, 15) is 26.7 Å². The molecule has 194 valence electrons. The lowest BCUT2D eigenvalue weighted by atomic mass is 10.1. The molecule has 8 nitrogen and oxygen atoms in total. The van der Waals surface area contributed by atoms with E-state index in [1.54, 1.807) is 0 Å². The highest BCUT2D eigenvalue weighted by Gasteiger charge is 2.33. The molecule has 4 aromatic rings. The number of hydrogen-bond donors (Lipinski definition) is 2. The minimum atomic E-state index is -4.68. The number of benzene rings is 2. The van der Waals surface area contributed by atoms with Gasteiger partial charge in [-0.1, -0.05) is 6.07 Å². The molecule has 0 saturated heterocycles. The number of oxazole rings is 1. The molecule has 2 aromatic heterocycles. The van der Waals surface area contributed by atoms with Crippen LogP contribution in [0.3, 0.4) is 0 Å². The van der Waals surface area contributed by atoms with Crippen molar-refractivity contribution in [1.29, 1.82) is 0 Å². The number of nitrogens with one attached hydrogen (secondary N) is 1. The number of ether oxygens (including phenoxy) is 2. The first-order valence-corrected chi connectivity index (χ1v) is 10.6. The van der Waals surface area contributed by atoms with Gasteiger partial charge in [-0.15, -0.1) is 0 Å². The third-order valence-electron chi connectivity index (χ3n) is 5.43. The number of rotatable bonds is 7. The van der Waals surface area contributed by atoms with Crippen molar-refractivity contribution >= 4 is 16.8 Å². The summed E-state index contributed by atoms with van der Waals surface area (Å²) in [6.45, 7) is -0.567. The van der Waals surface area contributed by atoms with E-state index in [2.05, 4.69) is 15.3 Å². The lowest BCUT2D eigenvalue weighted by molar-refractivity contribution is -0.140. The third-order valence-corrected chi connectivity index (χ3v) is 5.43. The summed E-state index contributed by atoms with van der Waals surface area (Å²) in [6.07, 6.45) is -4.68. The Hall–Kier alpha value is -4.26. The van der Waals surface area contributed by atoms with Crippen LogP contribution in [-0.2, 0) is 19.3 Å². The van der Waals surface area contributed by atoms with Gasteiger partial charge >= 0.3 is 6.18 Å². The summed E-state index contributed by atoms with van der Waals surface area (Å²) in [7, 11) is 2.40. The predicted octanol–water partition coefficient (Wildman–Crippen LogP) is 4.59. The van der Waals surface area contributed by atoms with E-state index in [0.717, 1.165) is 25.3 Å². The van der Waals surface area contributed by atoms with E-state index in [-0.39, 0.29) is 58.2 Å². The number of hydrogen-bond acceptors (Lipinski definition) is 7. The minimum absolute atomic E-state index is 0.0199. The molecule has 0 aliphatic rings. The lowest BCUT2D eigenvalue weighted by Gasteiger charge is -2.11. The van der Waals surface area contributed by atoms with Crippen molar-refractivity contribution in [3.63, 3.8) is 0 Å². The number of nitrogens with zero attached hydrogens (tertiary/aromatic N) is 2. The van der Waals surface area contributed by atoms with Gasteiger partial charge in [-0.2, -0.15) is 13.2 Å². The van der Waals surface area contributed by atoms with Crippen LogP contribution in [0.15, 0.2) is 40.8 Å². The molecule has 0 radical (unpaired) electrons. The Morgan fingerprint density at radius 1 is 1.05 bits per heavy atom. The fourth-order valence-corrected chi connectivity index (χ4v) is 3.64. The molecule has 0 bridgehead atoms. The van der Waals surface area contributed by atoms with Gasteiger partial charge in [-0.3, -0.25) is 4.79 Å². The summed E-state index contributed by atoms with van der Waals surface area (Å²) in [5.41, 5.74) is 4.48. The highest BCUT2D eigenvalue weighted by molar-refractivity contribution is 5.98. The summed E-state index contributed by atoms with van der Waals surface area (Å²) < 4.78 is 83.2. The molecule has 37 heavy (non-hydrogen) atoms. The van der Waals surface area contributed by atoms with Gasteiger partial charge < -0.3 is 24.9 Å². The number of methoxy groups -OCH3 is 2. The maximum atomic E-state index is 14.4. The lowest BCUT2D eigenvalue weighted by Crippen LogP contribution is -2.25. The van der Waals surface area contributed by atoms with Crippen LogP contribution in [0.25, 0.3) is 22.4 Å². The van der Waals surface area contributed by atoms with Crippen molar-refractivity contribution < 1.29 is 40.6 Å². The molecular weight excluding hydrogens is 503 g/mol. The maximum Gasteiger partial charge on any atom is 0.433 e. The van der Waals surface area contributed by atoms with Crippen LogP contribution in [0, 0.1) is 11.6 Å². The Kier molecular flexibility index (Phi) is 6.99. The zero-order valence-corrected chi connectivity index (χ0v) is 19.4. The number of fused-ring (bicyclic) bond motifs is 1. The molecule has 13 heteroatoms. The van der Waals surface area contributed by atoms with Crippen LogP contribution in [0.2, 0.25) is 0 Å². The van der Waals surface area contributed by atoms with Crippen LogP contribution in [0.4, 0.5) is 22.0 Å². The number of pyridine rings is 1. The second kappa shape index (κ2) is 10.0. The summed E-state index contributed by atoms with van der Waals surface area (Å²) in [5, 5.41) is 2.68. The van der Waals surface area contributed by atoms with Crippen molar-refractivity contribution in [2.75, 3.05) is 14.2 Å². The minimum Gasteiger partial charge on any atom is -0.494 e. The number of halogens is 5. The van der Waals surface area contributed by atoms with Crippen LogP contribution < -0.4 is 20.5 Å². The van der Waals surface area contributed by atoms with Crippen LogP contribution in [-0.4, -0.2) is 30.1 Å². The molecule has 2 aromatic carbocycles. The van der Waals surface area contributed by atoms with Crippen LogP contribution in [0.5, 0.6) is 11.5 Å². The quantitative estimate of drug-likeness (QED) is 0.342. The highest BCUT2D eigenvalue weighted by atomic mass is 19.4. The Labute approximate surface area is 206 Å². The number of alkyl halides is 3. The molecule has 0 aliphatic heterocycles. The number of nitrogens with two attached hydrogens (primary N) is 1. The molecule has 0 aliphatic carbocycles. The molecule has 3 N–H and O–H groups in total. The molecule has 4 rings (SSSR count). The second-order valence-electron chi connectivity index (χ2n) is 7.64. The average Bonchev–Trinajstić information content (AvgIpc) is 3.31. The Balaban J connectivity index is 1.69. The summed E-state index contributed by atoms with van der Waals surface area (Å²) in [6, 6.07) is 7.02. The summed E-state index contributed by atoms with van der Waals surface area (Å²) in [5.74, 6) is -3.27. The molecule has 0 unspecified atom stereocenters. The van der Waals surface area contributed by atoms with Gasteiger partial charge in [0.2, 0.25) is 5.89 Å². The Morgan fingerprint density at radius 2 is 1.81 bits per heavy atom. The van der Waals surface area contributed by atoms with Crippen molar-refractivity contribution in [2.24, 2.45) is 5.73 Å². The van der Waals surface area contributed by atoms with E-state index >= 15 is 0 Å². The molecule has 0 atom stereocenters. The van der Waals surface area contributed by atoms with Gasteiger partial charge in [-0.05, 0) is 30.3 Å². The molecule has 2 heterocycles. The summed E-state index contributed by atoms with van der Waals surface area (Å²) in [4.78, 5) is 20.7. The van der Waals surface area contributed by atoms with Gasteiger partial charge in [0.15, 0.2) is 28.8 Å². The monoisotopic (exact) mass is 522 g/mol. The number of aromatic nitrogens is 2. The Bertz CT molecular complexity index is 1490. The standard InChI is InChI=1S/C24H19F5N4O4/c1-35-15-7-4-13(12-5-8-17(24(27,28)29)32-19(12)15)23-33-20(16(9-30)37-23)22(34)31-10-11-3-6-14(25)21(36-2)18(11)26/h3-8H,9-10,30H2,1-2H3,(H,31,34). The largest absolute Gasteiger partial charge is 0.494 e. The SMILES string of the molecule is COc1c(F)ccc(CNC(=O)c2nc(-c3ccc(OC)c4nc(C(F)(F)F)ccc34)oc2CN)c1F. The van der Waals surface area contributed by atoms with E-state index < -0.39 is 35.2 Å². The van der Waals surface area contributed by atoms with Crippen molar-refractivity contribution in [3.05, 3.63) is 70.7 Å². The number of amides is 1. The topological polar surface area (TPSA) is 112 Å². The maximum absolute atomic E-state index is 14.4. The van der Waals surface area contributed by atoms with Gasteiger partial charge in [0.25, 0.3) is 5.91 Å². The molecule has 1 amide bonds. The zero-order valence-electron chi connectivity index (χ0n) is 19.4. The average molecular weight is 522 g/mol. The van der Waals surface area contributed by atoms with Crippen molar-refractivity contribution in [1.82, 2.24) is 15.3 Å². The van der Waals surface area contributed by atoms with Crippen molar-refractivity contribution in [3.8, 4) is 23.0 Å². The van der Waals surface area contributed by atoms with E-state index in [0.29, 0.717) is 0 Å². The molecule has 0 saturated carbocycles. The molecule has 0 spiro atoms. The van der Waals surface area contributed by atoms with Crippen molar-refractivity contribution in [2.45, 2.75) is 19.3 Å². The van der Waals surface area contributed by atoms with E-state index in [4.69, 9.17) is 19.6 Å². The van der Waals surface area contributed by atoms with Gasteiger partial charge in [0.1, 0.15) is 17.0 Å². The number of carbonyl (C=O) groups excluding carboxylic acids is 1. The fraction of sp³-hybridized carbons (Fsp3) is 0.208. The van der Waals surface area contributed by atoms with E-state index in [1.807, 2.05) is 0 Å². The van der Waals surface area contributed by atoms with E-state index in [1.165, 1.54) is 25.3 Å². The zero-order chi connectivity index (χ0) is 26.9. The second-order valence-corrected chi connectivity index (χ2v) is 7.64. The van der Waals surface area contributed by atoms with Crippen LogP contribution >= 0.6 is 0 Å². The number of carbonyl (C=O) groups is 1. The van der Waals surface area contributed by atoms with Gasteiger partial charge in [0.05, 0.1) is 20.8 Å². The molecular formula is C24H19F5N4O4. The third kappa shape index (κ3) is 4.89. The predicted molar refractivity (Wildman–Crippen MR) is 121 cm³/mol. The Morgan fingerprint density at radius 3 is 2.46 bits per heavy atom. The van der Waals surface area contributed by atoms with Gasteiger partial charge in [0, 0.05) is 23.1 Å². The highest BCUT2D eigenvalue weighted by Crippen LogP contribution is 2.37. The smallest absolute Gasteiger partial charge is 0.433 e. The normalized spacial score (nSPS) is 11.6. The van der Waals surface area contributed by atoms with Crippen LogP contribution in [0.1, 0.15) is 27.5 Å². The summed E-state index contributed by atoms with van der Waals surface area (Å²) >= 11 is 0. The molecule has 0 fully saturated rings.